The highest BCUT2D eigenvalue weighted by molar-refractivity contribution is 5.64. The number of rotatable bonds is 4. The largest absolute Gasteiger partial charge is 0.342 e. The Morgan fingerprint density at radius 1 is 1.19 bits per heavy atom. The van der Waals surface area contributed by atoms with E-state index < -0.39 is 0 Å². The molecule has 0 bridgehead atoms. The molecule has 32 heavy (non-hydrogen) atoms. The second-order valence-corrected chi connectivity index (χ2v) is 8.06. The van der Waals surface area contributed by atoms with E-state index in [1.165, 1.54) is 0 Å². The maximum absolute atomic E-state index is 9.27. The number of nitrogens with zero attached hydrogens (tertiary/aromatic N) is 9. The van der Waals surface area contributed by atoms with Crippen LogP contribution < -0.4 is 4.90 Å². The first-order valence-corrected chi connectivity index (χ1v) is 10.6. The lowest BCUT2D eigenvalue weighted by atomic mass is 10.1. The lowest BCUT2D eigenvalue weighted by molar-refractivity contribution is 0.496. The maximum Gasteiger partial charge on any atom is 0.237 e. The molecule has 1 aromatic carbocycles. The second-order valence-electron chi connectivity index (χ2n) is 8.06. The normalized spacial score (nSPS) is 14.9. The van der Waals surface area contributed by atoms with Crippen LogP contribution in [0, 0.1) is 18.3 Å². The van der Waals surface area contributed by atoms with Gasteiger partial charge in [-0.15, -0.1) is 10.2 Å². The highest BCUT2D eigenvalue weighted by Gasteiger charge is 2.36. The van der Waals surface area contributed by atoms with E-state index >= 15 is 0 Å². The van der Waals surface area contributed by atoms with Gasteiger partial charge in [0, 0.05) is 24.0 Å². The van der Waals surface area contributed by atoms with Crippen LogP contribution in [0.25, 0.3) is 23.0 Å². The fraction of sp³-hybridized carbons (Fsp3) is 0.304. The van der Waals surface area contributed by atoms with Crippen molar-refractivity contribution in [2.24, 2.45) is 0 Å². The van der Waals surface area contributed by atoms with Gasteiger partial charge in [0.25, 0.3) is 0 Å². The van der Waals surface area contributed by atoms with Crippen molar-refractivity contribution in [1.82, 2.24) is 34.3 Å². The van der Waals surface area contributed by atoms with Gasteiger partial charge in [0.05, 0.1) is 23.9 Å². The SMILES string of the molecule is CC[C@@H]1c2nnc(C)n2-c2cnc(-n3ccnc3-c3cccc(C#N)c3)nc2N1C(C)C. The minimum atomic E-state index is 0.0704. The number of hydrogen-bond donors (Lipinski definition) is 0. The number of nitriles is 1. The third-order valence-corrected chi connectivity index (χ3v) is 5.76. The van der Waals surface area contributed by atoms with Crippen LogP contribution in [0.1, 0.15) is 50.4 Å². The van der Waals surface area contributed by atoms with E-state index in [4.69, 9.17) is 4.98 Å². The van der Waals surface area contributed by atoms with Crippen molar-refractivity contribution in [3.63, 3.8) is 0 Å². The van der Waals surface area contributed by atoms with E-state index in [9.17, 15) is 5.26 Å². The van der Waals surface area contributed by atoms with Crippen molar-refractivity contribution in [3.8, 4) is 29.1 Å². The van der Waals surface area contributed by atoms with Crippen molar-refractivity contribution in [2.45, 2.75) is 46.2 Å². The Morgan fingerprint density at radius 2 is 2.03 bits per heavy atom. The minimum absolute atomic E-state index is 0.0704. The van der Waals surface area contributed by atoms with Gasteiger partial charge in [0.2, 0.25) is 5.95 Å². The first-order chi connectivity index (χ1) is 15.5. The highest BCUT2D eigenvalue weighted by Crippen LogP contribution is 2.40. The van der Waals surface area contributed by atoms with E-state index in [1.54, 1.807) is 12.3 Å². The minimum Gasteiger partial charge on any atom is -0.342 e. The lowest BCUT2D eigenvalue weighted by Crippen LogP contribution is -2.40. The average molecular weight is 426 g/mol. The summed E-state index contributed by atoms with van der Waals surface area (Å²) in [7, 11) is 0. The summed E-state index contributed by atoms with van der Waals surface area (Å²) < 4.78 is 3.90. The van der Waals surface area contributed by atoms with Crippen molar-refractivity contribution in [1.29, 1.82) is 5.26 Å². The van der Waals surface area contributed by atoms with Gasteiger partial charge in [-0.2, -0.15) is 10.2 Å². The standard InChI is InChI=1S/C23H23N9/c1-5-18-22-29-28-15(4)32(22)19-13-26-23(27-21(19)31(18)14(2)3)30-10-9-25-20(30)17-8-6-7-16(11-17)12-24/h6-11,13-14,18H,5H2,1-4H3/t18-/m1/s1. The van der Waals surface area contributed by atoms with E-state index in [1.807, 2.05) is 42.1 Å². The molecule has 4 heterocycles. The smallest absolute Gasteiger partial charge is 0.237 e. The molecule has 1 aliphatic rings. The second kappa shape index (κ2) is 7.57. The Labute approximate surface area is 186 Å². The molecule has 0 amide bonds. The first kappa shape index (κ1) is 19.9. The zero-order chi connectivity index (χ0) is 22.4. The average Bonchev–Trinajstić information content (AvgIpc) is 3.45. The number of hydrogen-bond acceptors (Lipinski definition) is 7. The summed E-state index contributed by atoms with van der Waals surface area (Å²) in [5.41, 5.74) is 2.29. The van der Waals surface area contributed by atoms with Crippen LogP contribution in [0.5, 0.6) is 0 Å². The monoisotopic (exact) mass is 425 g/mol. The molecule has 1 atom stereocenters. The number of anilines is 1. The molecule has 0 fully saturated rings. The predicted molar refractivity (Wildman–Crippen MR) is 120 cm³/mol. The zero-order valence-electron chi connectivity index (χ0n) is 18.4. The van der Waals surface area contributed by atoms with Gasteiger partial charge in [-0.05, 0) is 39.3 Å². The molecule has 0 saturated heterocycles. The Hall–Kier alpha value is -4.06. The van der Waals surface area contributed by atoms with Crippen molar-refractivity contribution in [3.05, 3.63) is 60.1 Å². The molecule has 0 unspecified atom stereocenters. The van der Waals surface area contributed by atoms with E-state index in [2.05, 4.69) is 56.5 Å². The van der Waals surface area contributed by atoms with Gasteiger partial charge in [0.15, 0.2) is 11.6 Å². The highest BCUT2D eigenvalue weighted by atomic mass is 15.4. The van der Waals surface area contributed by atoms with E-state index in [0.717, 1.165) is 35.1 Å². The van der Waals surface area contributed by atoms with Gasteiger partial charge in [-0.25, -0.2) is 9.97 Å². The van der Waals surface area contributed by atoms with Gasteiger partial charge < -0.3 is 4.90 Å². The number of benzene rings is 1. The summed E-state index contributed by atoms with van der Waals surface area (Å²) in [6.45, 7) is 8.41. The van der Waals surface area contributed by atoms with Gasteiger partial charge >= 0.3 is 0 Å². The molecule has 0 radical (unpaired) electrons. The van der Waals surface area contributed by atoms with Gasteiger partial charge in [0.1, 0.15) is 17.3 Å². The van der Waals surface area contributed by atoms with Crippen LogP contribution in [0.2, 0.25) is 0 Å². The molecule has 0 N–H and O–H groups in total. The number of imidazole rings is 1. The van der Waals surface area contributed by atoms with Crippen LogP contribution in [0.3, 0.4) is 0 Å². The third-order valence-electron chi connectivity index (χ3n) is 5.76. The molecule has 5 rings (SSSR count). The van der Waals surface area contributed by atoms with Crippen LogP contribution >= 0.6 is 0 Å². The Balaban J connectivity index is 1.69. The first-order valence-electron chi connectivity index (χ1n) is 10.6. The Morgan fingerprint density at radius 3 is 2.78 bits per heavy atom. The Bertz CT molecular complexity index is 1340. The number of aryl methyl sites for hydroxylation is 1. The van der Waals surface area contributed by atoms with Crippen LogP contribution in [0.15, 0.2) is 42.9 Å². The molecule has 0 aliphatic carbocycles. The molecular formula is C23H23N9. The molecule has 0 spiro atoms. The van der Waals surface area contributed by atoms with Gasteiger partial charge in [-0.1, -0.05) is 19.1 Å². The van der Waals surface area contributed by atoms with Crippen molar-refractivity contribution < 1.29 is 0 Å². The van der Waals surface area contributed by atoms with Crippen molar-refractivity contribution >= 4 is 5.82 Å². The van der Waals surface area contributed by atoms with E-state index in [0.29, 0.717) is 17.3 Å². The summed E-state index contributed by atoms with van der Waals surface area (Å²) in [5.74, 6) is 3.78. The summed E-state index contributed by atoms with van der Waals surface area (Å²) in [5, 5.41) is 18.0. The molecular weight excluding hydrogens is 402 g/mol. The summed E-state index contributed by atoms with van der Waals surface area (Å²) >= 11 is 0. The summed E-state index contributed by atoms with van der Waals surface area (Å²) in [6, 6.07) is 9.83. The van der Waals surface area contributed by atoms with Crippen LogP contribution in [0.4, 0.5) is 5.82 Å². The van der Waals surface area contributed by atoms with Crippen molar-refractivity contribution in [2.75, 3.05) is 4.90 Å². The summed E-state index contributed by atoms with van der Waals surface area (Å²) in [4.78, 5) is 16.5. The predicted octanol–water partition coefficient (Wildman–Crippen LogP) is 3.77. The zero-order valence-corrected chi connectivity index (χ0v) is 18.4. The summed E-state index contributed by atoms with van der Waals surface area (Å²) in [6.07, 6.45) is 6.26. The Kier molecular flexibility index (Phi) is 4.70. The van der Waals surface area contributed by atoms with Crippen LogP contribution in [-0.2, 0) is 0 Å². The number of aromatic nitrogens is 7. The molecule has 4 aromatic rings. The fourth-order valence-corrected chi connectivity index (χ4v) is 4.38. The van der Waals surface area contributed by atoms with E-state index in [-0.39, 0.29) is 12.1 Å². The number of fused-ring (bicyclic) bond motifs is 3. The molecule has 160 valence electrons. The quantitative estimate of drug-likeness (QED) is 0.490. The fourth-order valence-electron chi connectivity index (χ4n) is 4.38. The molecule has 0 saturated carbocycles. The molecule has 3 aromatic heterocycles. The van der Waals surface area contributed by atoms with Crippen LogP contribution in [-0.4, -0.2) is 40.3 Å². The third kappa shape index (κ3) is 2.95. The lowest BCUT2D eigenvalue weighted by Gasteiger charge is -2.39. The molecule has 9 heteroatoms. The topological polar surface area (TPSA) is 101 Å². The van der Waals surface area contributed by atoms with Gasteiger partial charge in [-0.3, -0.25) is 9.13 Å². The molecule has 9 nitrogen and oxygen atoms in total. The maximum atomic E-state index is 9.27. The molecule has 1 aliphatic heterocycles.